The zero-order valence-electron chi connectivity index (χ0n) is 8.23. The maximum Gasteiger partial charge on any atom is 0.204 e. The molecular formula is C10H11BrN4. The van der Waals surface area contributed by atoms with Crippen molar-refractivity contribution in [2.24, 2.45) is 0 Å². The number of aromatic nitrogens is 3. The first-order valence-corrected chi connectivity index (χ1v) is 5.89. The second-order valence-corrected chi connectivity index (χ2v) is 4.49. The molecule has 3 rings (SSSR count). The smallest absolute Gasteiger partial charge is 0.204 e. The Bertz CT molecular complexity index is 487. The number of fused-ring (bicyclic) bond motifs is 1. The summed E-state index contributed by atoms with van der Waals surface area (Å²) in [6, 6.07) is 4.20. The van der Waals surface area contributed by atoms with E-state index in [4.69, 9.17) is 0 Å². The lowest BCUT2D eigenvalue weighted by atomic mass is 10.3. The highest BCUT2D eigenvalue weighted by atomic mass is 79.9. The van der Waals surface area contributed by atoms with Crippen molar-refractivity contribution < 1.29 is 0 Å². The second kappa shape index (κ2) is 3.48. The van der Waals surface area contributed by atoms with E-state index in [0.29, 0.717) is 0 Å². The van der Waals surface area contributed by atoms with Gasteiger partial charge in [0.15, 0.2) is 5.65 Å². The molecule has 5 heteroatoms. The van der Waals surface area contributed by atoms with Gasteiger partial charge in [0.05, 0.1) is 0 Å². The van der Waals surface area contributed by atoms with Crippen LogP contribution in [0.5, 0.6) is 0 Å². The molecule has 0 radical (unpaired) electrons. The van der Waals surface area contributed by atoms with Crippen LogP contribution in [0.2, 0.25) is 0 Å². The van der Waals surface area contributed by atoms with E-state index in [9.17, 15) is 0 Å². The van der Waals surface area contributed by atoms with Crippen molar-refractivity contribution in [1.29, 1.82) is 0 Å². The SMILES string of the molecule is Brc1nnc2cc(N3CCCC3)ccn12. The van der Waals surface area contributed by atoms with Crippen LogP contribution in [0.15, 0.2) is 23.1 Å². The van der Waals surface area contributed by atoms with Crippen molar-refractivity contribution in [3.8, 4) is 0 Å². The number of pyridine rings is 1. The quantitative estimate of drug-likeness (QED) is 0.793. The average molecular weight is 267 g/mol. The van der Waals surface area contributed by atoms with Crippen LogP contribution in [0, 0.1) is 0 Å². The highest BCUT2D eigenvalue weighted by molar-refractivity contribution is 9.10. The Labute approximate surface area is 96.0 Å². The molecule has 15 heavy (non-hydrogen) atoms. The van der Waals surface area contributed by atoms with Gasteiger partial charge >= 0.3 is 0 Å². The molecule has 2 aromatic heterocycles. The predicted octanol–water partition coefficient (Wildman–Crippen LogP) is 2.09. The fourth-order valence-electron chi connectivity index (χ4n) is 2.02. The van der Waals surface area contributed by atoms with Crippen molar-refractivity contribution in [3.63, 3.8) is 0 Å². The molecular weight excluding hydrogens is 256 g/mol. The second-order valence-electron chi connectivity index (χ2n) is 3.78. The molecule has 0 spiro atoms. The monoisotopic (exact) mass is 266 g/mol. The third kappa shape index (κ3) is 1.51. The highest BCUT2D eigenvalue weighted by Gasteiger charge is 2.13. The summed E-state index contributed by atoms with van der Waals surface area (Å²) >= 11 is 3.35. The molecule has 0 aromatic carbocycles. The van der Waals surface area contributed by atoms with Gasteiger partial charge in [-0.05, 0) is 34.8 Å². The van der Waals surface area contributed by atoms with Crippen molar-refractivity contribution in [3.05, 3.63) is 23.1 Å². The van der Waals surface area contributed by atoms with Crippen LogP contribution >= 0.6 is 15.9 Å². The number of nitrogens with zero attached hydrogens (tertiary/aromatic N) is 4. The summed E-state index contributed by atoms with van der Waals surface area (Å²) < 4.78 is 2.69. The molecule has 1 aliphatic rings. The molecule has 0 saturated carbocycles. The molecule has 0 unspecified atom stereocenters. The van der Waals surface area contributed by atoms with Crippen molar-refractivity contribution in [2.75, 3.05) is 18.0 Å². The number of hydrogen-bond acceptors (Lipinski definition) is 3. The highest BCUT2D eigenvalue weighted by Crippen LogP contribution is 2.22. The lowest BCUT2D eigenvalue weighted by molar-refractivity contribution is 0.949. The molecule has 1 aliphatic heterocycles. The Hall–Kier alpha value is -1.10. The van der Waals surface area contributed by atoms with E-state index >= 15 is 0 Å². The third-order valence-corrected chi connectivity index (χ3v) is 3.36. The van der Waals surface area contributed by atoms with Gasteiger partial charge in [-0.1, -0.05) is 0 Å². The number of rotatable bonds is 1. The van der Waals surface area contributed by atoms with Crippen LogP contribution < -0.4 is 4.90 Å². The van der Waals surface area contributed by atoms with Crippen molar-refractivity contribution in [2.45, 2.75) is 12.8 Å². The van der Waals surface area contributed by atoms with E-state index in [2.05, 4.69) is 43.2 Å². The number of anilines is 1. The molecule has 1 saturated heterocycles. The molecule has 0 aliphatic carbocycles. The van der Waals surface area contributed by atoms with Gasteiger partial charge in [-0.25, -0.2) is 0 Å². The summed E-state index contributed by atoms with van der Waals surface area (Å²) in [6.45, 7) is 2.32. The molecule has 2 aromatic rings. The Morgan fingerprint density at radius 1 is 1.20 bits per heavy atom. The van der Waals surface area contributed by atoms with Gasteiger partial charge in [0.1, 0.15) is 0 Å². The standard InChI is InChI=1S/C10H11BrN4/c11-10-13-12-9-7-8(3-6-15(9)10)14-4-1-2-5-14/h3,6-7H,1-2,4-5H2. The number of hydrogen-bond donors (Lipinski definition) is 0. The van der Waals surface area contributed by atoms with Gasteiger partial charge in [-0.15, -0.1) is 10.2 Å². The van der Waals surface area contributed by atoms with Gasteiger partial charge in [0.2, 0.25) is 4.73 Å². The van der Waals surface area contributed by atoms with E-state index in [1.165, 1.54) is 18.5 Å². The van der Waals surface area contributed by atoms with Crippen molar-refractivity contribution >= 4 is 27.3 Å². The zero-order chi connectivity index (χ0) is 10.3. The maximum absolute atomic E-state index is 4.09. The summed E-state index contributed by atoms with van der Waals surface area (Å²) in [4.78, 5) is 2.39. The predicted molar refractivity (Wildman–Crippen MR) is 62.1 cm³/mol. The largest absolute Gasteiger partial charge is 0.371 e. The summed E-state index contributed by atoms with van der Waals surface area (Å²) in [6.07, 6.45) is 4.59. The van der Waals surface area contributed by atoms with Crippen LogP contribution in [-0.2, 0) is 0 Å². The van der Waals surface area contributed by atoms with Gasteiger partial charge in [0.25, 0.3) is 0 Å². The minimum Gasteiger partial charge on any atom is -0.371 e. The van der Waals surface area contributed by atoms with E-state index in [-0.39, 0.29) is 0 Å². The first kappa shape index (κ1) is 9.15. The lowest BCUT2D eigenvalue weighted by Gasteiger charge is -2.17. The molecule has 0 N–H and O–H groups in total. The van der Waals surface area contributed by atoms with E-state index < -0.39 is 0 Å². The first-order valence-electron chi connectivity index (χ1n) is 5.10. The minimum absolute atomic E-state index is 0.755. The van der Waals surface area contributed by atoms with Crippen LogP contribution in [-0.4, -0.2) is 27.7 Å². The van der Waals surface area contributed by atoms with E-state index in [1.54, 1.807) is 0 Å². The van der Waals surface area contributed by atoms with Crippen LogP contribution in [0.3, 0.4) is 0 Å². The molecule has 0 atom stereocenters. The Morgan fingerprint density at radius 3 is 2.80 bits per heavy atom. The summed E-state index contributed by atoms with van der Waals surface area (Å²) in [5.74, 6) is 0. The van der Waals surface area contributed by atoms with Crippen LogP contribution in [0.4, 0.5) is 5.69 Å². The number of halogens is 1. The fourth-order valence-corrected chi connectivity index (χ4v) is 2.40. The maximum atomic E-state index is 4.09. The Morgan fingerprint density at radius 2 is 2.00 bits per heavy atom. The lowest BCUT2D eigenvalue weighted by Crippen LogP contribution is -2.17. The summed E-state index contributed by atoms with van der Waals surface area (Å²) in [5, 5.41) is 8.06. The fraction of sp³-hybridized carbons (Fsp3) is 0.400. The molecule has 1 fully saturated rings. The molecule has 0 amide bonds. The van der Waals surface area contributed by atoms with E-state index in [1.807, 2.05) is 10.6 Å². The van der Waals surface area contributed by atoms with E-state index in [0.717, 1.165) is 23.5 Å². The summed E-state index contributed by atoms with van der Waals surface area (Å²) in [7, 11) is 0. The molecule has 78 valence electrons. The van der Waals surface area contributed by atoms with Gasteiger partial charge in [0, 0.05) is 31.0 Å². The minimum atomic E-state index is 0.755. The summed E-state index contributed by atoms with van der Waals surface area (Å²) in [5.41, 5.74) is 2.14. The van der Waals surface area contributed by atoms with Gasteiger partial charge in [-0.2, -0.15) is 0 Å². The topological polar surface area (TPSA) is 33.4 Å². The van der Waals surface area contributed by atoms with Gasteiger partial charge in [-0.3, -0.25) is 4.40 Å². The normalized spacial score (nSPS) is 16.5. The Kier molecular flexibility index (Phi) is 2.12. The average Bonchev–Trinajstić information content (AvgIpc) is 2.88. The van der Waals surface area contributed by atoms with Gasteiger partial charge < -0.3 is 4.90 Å². The van der Waals surface area contributed by atoms with Crippen LogP contribution in [0.25, 0.3) is 5.65 Å². The third-order valence-electron chi connectivity index (χ3n) is 2.82. The van der Waals surface area contributed by atoms with Crippen LogP contribution in [0.1, 0.15) is 12.8 Å². The molecule has 0 bridgehead atoms. The molecule has 4 nitrogen and oxygen atoms in total. The first-order chi connectivity index (χ1) is 7.34. The zero-order valence-corrected chi connectivity index (χ0v) is 9.81. The Balaban J connectivity index is 2.05. The van der Waals surface area contributed by atoms with Crippen molar-refractivity contribution in [1.82, 2.24) is 14.6 Å². The molecule has 3 heterocycles.